The molecule has 0 unspecified atom stereocenters. The van der Waals surface area contributed by atoms with Gasteiger partial charge in [-0.1, -0.05) is 6.07 Å². The van der Waals surface area contributed by atoms with Crippen molar-refractivity contribution in [3.8, 4) is 0 Å². The monoisotopic (exact) mass is 432 g/mol. The summed E-state index contributed by atoms with van der Waals surface area (Å²) in [5, 5.41) is 3.28. The molecule has 7 heteroatoms. The normalized spacial score (nSPS) is 11.2. The first kappa shape index (κ1) is 16.3. The van der Waals surface area contributed by atoms with Crippen LogP contribution in [0.4, 0.5) is 11.4 Å². The van der Waals surface area contributed by atoms with Crippen molar-refractivity contribution in [2.75, 3.05) is 16.3 Å². The number of rotatable bonds is 5. The highest BCUT2D eigenvalue weighted by Gasteiger charge is 2.02. The van der Waals surface area contributed by atoms with Crippen LogP contribution in [-0.2, 0) is 16.6 Å². The second kappa shape index (κ2) is 6.81. The van der Waals surface area contributed by atoms with Crippen molar-refractivity contribution in [3.63, 3.8) is 0 Å². The van der Waals surface area contributed by atoms with E-state index in [0.717, 1.165) is 26.5 Å². The molecule has 0 aromatic heterocycles. The lowest BCUT2D eigenvalue weighted by Gasteiger charge is -2.09. The van der Waals surface area contributed by atoms with E-state index in [4.69, 9.17) is 0 Å². The Morgan fingerprint density at radius 2 is 1.57 bits per heavy atom. The van der Waals surface area contributed by atoms with Crippen LogP contribution in [0, 0.1) is 0 Å². The Morgan fingerprint density at radius 3 is 2.14 bits per heavy atom. The molecular weight excluding hydrogens is 420 g/mol. The van der Waals surface area contributed by atoms with Gasteiger partial charge in [0.1, 0.15) is 0 Å². The van der Waals surface area contributed by atoms with Gasteiger partial charge in [0.05, 0.1) is 6.26 Å². The third-order valence-electron chi connectivity index (χ3n) is 2.67. The Bertz CT molecular complexity index is 731. The van der Waals surface area contributed by atoms with Crippen molar-refractivity contribution in [3.05, 3.63) is 57.0 Å². The van der Waals surface area contributed by atoms with Gasteiger partial charge in [0.15, 0.2) is 0 Å². The van der Waals surface area contributed by atoms with E-state index in [1.165, 1.54) is 0 Å². The van der Waals surface area contributed by atoms with Crippen molar-refractivity contribution in [2.45, 2.75) is 6.54 Å². The third kappa shape index (κ3) is 5.33. The molecule has 112 valence electrons. The van der Waals surface area contributed by atoms with Crippen LogP contribution in [0.2, 0.25) is 0 Å². The van der Waals surface area contributed by atoms with Gasteiger partial charge in [0.2, 0.25) is 10.0 Å². The molecule has 0 aliphatic rings. The molecule has 0 aliphatic heterocycles. The van der Waals surface area contributed by atoms with Crippen LogP contribution >= 0.6 is 31.9 Å². The summed E-state index contributed by atoms with van der Waals surface area (Å²) in [7, 11) is -3.23. The molecule has 21 heavy (non-hydrogen) atoms. The highest BCUT2D eigenvalue weighted by molar-refractivity contribution is 9.13. The van der Waals surface area contributed by atoms with Crippen LogP contribution in [0.5, 0.6) is 0 Å². The van der Waals surface area contributed by atoms with Crippen LogP contribution in [0.3, 0.4) is 0 Å². The minimum absolute atomic E-state index is 0.550. The molecule has 0 atom stereocenters. The van der Waals surface area contributed by atoms with E-state index in [0.29, 0.717) is 12.2 Å². The molecule has 2 aromatic carbocycles. The standard InChI is InChI=1S/C14H14Br2N2O2S/c1-21(19,20)18-12-5-3-11(4-6-12)17-9-10-2-7-13(15)14(16)8-10/h2-8,17-18H,9H2,1H3. The Hall–Kier alpha value is -1.05. The fourth-order valence-electron chi connectivity index (χ4n) is 1.72. The molecule has 4 nitrogen and oxygen atoms in total. The van der Waals surface area contributed by atoms with Crippen molar-refractivity contribution in [2.24, 2.45) is 0 Å². The fourth-order valence-corrected chi connectivity index (χ4v) is 2.96. The van der Waals surface area contributed by atoms with E-state index in [1.807, 2.05) is 30.3 Å². The molecule has 0 heterocycles. The molecule has 0 amide bonds. The molecular formula is C14H14Br2N2O2S. The van der Waals surface area contributed by atoms with Crippen LogP contribution in [0.25, 0.3) is 0 Å². The summed E-state index contributed by atoms with van der Waals surface area (Å²) in [6, 6.07) is 13.2. The Morgan fingerprint density at radius 1 is 0.952 bits per heavy atom. The smallest absolute Gasteiger partial charge is 0.229 e. The zero-order valence-corrected chi connectivity index (χ0v) is 15.2. The second-order valence-electron chi connectivity index (χ2n) is 4.55. The summed E-state index contributed by atoms with van der Waals surface area (Å²) in [4.78, 5) is 0. The molecule has 0 bridgehead atoms. The van der Waals surface area contributed by atoms with Crippen LogP contribution in [-0.4, -0.2) is 14.7 Å². The van der Waals surface area contributed by atoms with Crippen molar-refractivity contribution < 1.29 is 8.42 Å². The first-order chi connectivity index (χ1) is 9.83. The zero-order chi connectivity index (χ0) is 15.5. The van der Waals surface area contributed by atoms with E-state index in [-0.39, 0.29) is 0 Å². The first-order valence-electron chi connectivity index (χ1n) is 6.09. The predicted octanol–water partition coefficient (Wildman–Crippen LogP) is 4.20. The van der Waals surface area contributed by atoms with Gasteiger partial charge in [-0.05, 0) is 73.8 Å². The maximum absolute atomic E-state index is 11.1. The zero-order valence-electron chi connectivity index (χ0n) is 11.2. The molecule has 0 spiro atoms. The summed E-state index contributed by atoms with van der Waals surface area (Å²) in [5.74, 6) is 0. The molecule has 0 saturated heterocycles. The van der Waals surface area contributed by atoms with E-state index in [2.05, 4.69) is 41.9 Å². The van der Waals surface area contributed by atoms with E-state index in [9.17, 15) is 8.42 Å². The lowest BCUT2D eigenvalue weighted by Crippen LogP contribution is -2.09. The van der Waals surface area contributed by atoms with Gasteiger partial charge in [-0.3, -0.25) is 4.72 Å². The number of hydrogen-bond acceptors (Lipinski definition) is 3. The predicted molar refractivity (Wildman–Crippen MR) is 94.1 cm³/mol. The quantitative estimate of drug-likeness (QED) is 0.742. The summed E-state index contributed by atoms with van der Waals surface area (Å²) in [6.45, 7) is 0.685. The first-order valence-corrected chi connectivity index (χ1v) is 9.57. The van der Waals surface area contributed by atoms with E-state index in [1.54, 1.807) is 12.1 Å². The van der Waals surface area contributed by atoms with Gasteiger partial charge in [0, 0.05) is 26.9 Å². The van der Waals surface area contributed by atoms with Gasteiger partial charge in [-0.15, -0.1) is 0 Å². The Labute approximate surface area is 141 Å². The molecule has 0 fully saturated rings. The molecule has 0 aliphatic carbocycles. The van der Waals surface area contributed by atoms with Gasteiger partial charge in [-0.25, -0.2) is 8.42 Å². The summed E-state index contributed by atoms with van der Waals surface area (Å²) < 4.78 is 26.7. The summed E-state index contributed by atoms with van der Waals surface area (Å²) >= 11 is 6.90. The maximum atomic E-state index is 11.1. The highest BCUT2D eigenvalue weighted by Crippen LogP contribution is 2.24. The van der Waals surface area contributed by atoms with Crippen molar-refractivity contribution in [1.82, 2.24) is 0 Å². The molecule has 0 saturated carbocycles. The lowest BCUT2D eigenvalue weighted by molar-refractivity contribution is 0.607. The van der Waals surface area contributed by atoms with Crippen LogP contribution in [0.15, 0.2) is 51.4 Å². The Kier molecular flexibility index (Phi) is 5.29. The number of hydrogen-bond donors (Lipinski definition) is 2. The maximum Gasteiger partial charge on any atom is 0.229 e. The number of halogens is 2. The number of nitrogens with one attached hydrogen (secondary N) is 2. The van der Waals surface area contributed by atoms with Crippen molar-refractivity contribution >= 4 is 53.3 Å². The third-order valence-corrected chi connectivity index (χ3v) is 5.15. The number of anilines is 2. The van der Waals surface area contributed by atoms with Crippen LogP contribution in [0.1, 0.15) is 5.56 Å². The number of benzene rings is 2. The molecule has 2 N–H and O–H groups in total. The minimum Gasteiger partial charge on any atom is -0.381 e. The molecule has 2 rings (SSSR count). The SMILES string of the molecule is CS(=O)(=O)Nc1ccc(NCc2ccc(Br)c(Br)c2)cc1. The second-order valence-corrected chi connectivity index (χ2v) is 8.01. The van der Waals surface area contributed by atoms with E-state index >= 15 is 0 Å². The van der Waals surface area contributed by atoms with Gasteiger partial charge < -0.3 is 5.32 Å². The summed E-state index contributed by atoms with van der Waals surface area (Å²) in [5.41, 5.74) is 2.62. The molecule has 0 radical (unpaired) electrons. The summed E-state index contributed by atoms with van der Waals surface area (Å²) in [6.07, 6.45) is 1.13. The Balaban J connectivity index is 1.99. The average molecular weight is 434 g/mol. The fraction of sp³-hybridized carbons (Fsp3) is 0.143. The molecule has 2 aromatic rings. The van der Waals surface area contributed by atoms with Crippen molar-refractivity contribution in [1.29, 1.82) is 0 Å². The van der Waals surface area contributed by atoms with E-state index < -0.39 is 10.0 Å². The minimum atomic E-state index is -3.23. The number of sulfonamides is 1. The van der Waals surface area contributed by atoms with Gasteiger partial charge >= 0.3 is 0 Å². The highest BCUT2D eigenvalue weighted by atomic mass is 79.9. The van der Waals surface area contributed by atoms with Gasteiger partial charge in [0.25, 0.3) is 0 Å². The van der Waals surface area contributed by atoms with Gasteiger partial charge in [-0.2, -0.15) is 0 Å². The average Bonchev–Trinajstić information content (AvgIpc) is 2.40. The topological polar surface area (TPSA) is 58.2 Å². The lowest BCUT2D eigenvalue weighted by atomic mass is 10.2. The largest absolute Gasteiger partial charge is 0.381 e. The van der Waals surface area contributed by atoms with Crippen LogP contribution < -0.4 is 10.0 Å².